The first-order valence-electron chi connectivity index (χ1n) is 12.2. The van der Waals surface area contributed by atoms with Crippen molar-refractivity contribution in [3.63, 3.8) is 0 Å². The number of carbonyl (C=O) groups is 1. The molecule has 7 nitrogen and oxygen atoms in total. The summed E-state index contributed by atoms with van der Waals surface area (Å²) in [6, 6.07) is 6.13. The van der Waals surface area contributed by atoms with E-state index in [9.17, 15) is 9.59 Å². The minimum atomic E-state index is -0.146. The number of hydrogen-bond acceptors (Lipinski definition) is 5. The molecule has 1 aliphatic carbocycles. The normalized spacial score (nSPS) is 16.8. The van der Waals surface area contributed by atoms with Gasteiger partial charge >= 0.3 is 0 Å². The first kappa shape index (κ1) is 23.4. The third kappa shape index (κ3) is 5.58. The van der Waals surface area contributed by atoms with Gasteiger partial charge in [-0.05, 0) is 68.9 Å². The van der Waals surface area contributed by atoms with Gasteiger partial charge in [-0.2, -0.15) is 0 Å². The van der Waals surface area contributed by atoms with Gasteiger partial charge in [0.1, 0.15) is 0 Å². The van der Waals surface area contributed by atoms with Crippen molar-refractivity contribution in [3.8, 4) is 0 Å². The topological polar surface area (TPSA) is 89.3 Å². The number of hydrogen-bond donors (Lipinski definition) is 4. The zero-order valence-electron chi connectivity index (χ0n) is 20.1. The summed E-state index contributed by atoms with van der Waals surface area (Å²) < 4.78 is 0. The predicted octanol–water partition coefficient (Wildman–Crippen LogP) is 3.24. The molecule has 1 aliphatic heterocycles. The maximum Gasteiger partial charge on any atom is 0.253 e. The number of piperazine rings is 1. The lowest BCUT2D eigenvalue weighted by atomic mass is 10.0. The molecule has 2 aromatic rings. The Balaban J connectivity index is 1.57. The molecule has 178 valence electrons. The third-order valence-electron chi connectivity index (χ3n) is 7.09. The third-order valence-corrected chi connectivity index (χ3v) is 7.09. The summed E-state index contributed by atoms with van der Waals surface area (Å²) in [5, 5.41) is 10.0. The van der Waals surface area contributed by atoms with Crippen molar-refractivity contribution in [1.82, 2.24) is 15.6 Å². The Morgan fingerprint density at radius 2 is 1.82 bits per heavy atom. The van der Waals surface area contributed by atoms with Crippen molar-refractivity contribution in [1.29, 1.82) is 0 Å². The molecule has 2 aliphatic rings. The average molecular weight is 452 g/mol. The summed E-state index contributed by atoms with van der Waals surface area (Å²) in [6.45, 7) is 10.7. The standard InChI is InChI=1S/C26H37N5O2/c1-17-12-18(2)30-26(33)23(17)16-29-25(32)22-13-21(31-10-8-27-9-11-31)14-24(19(22)3)28-15-20-6-4-5-7-20/h12-14,20,27-28H,4-11,15-16H2,1-3H3,(H,29,32)(H,30,33). The number of aryl methyl sites for hydroxylation is 2. The van der Waals surface area contributed by atoms with Gasteiger partial charge in [0.15, 0.2) is 0 Å². The highest BCUT2D eigenvalue weighted by Crippen LogP contribution is 2.30. The van der Waals surface area contributed by atoms with Crippen molar-refractivity contribution in [2.45, 2.75) is 53.0 Å². The quantitative estimate of drug-likeness (QED) is 0.519. The van der Waals surface area contributed by atoms with E-state index in [4.69, 9.17) is 0 Å². The van der Waals surface area contributed by atoms with Crippen molar-refractivity contribution in [2.75, 3.05) is 42.9 Å². The fourth-order valence-corrected chi connectivity index (χ4v) is 5.06. The van der Waals surface area contributed by atoms with Crippen molar-refractivity contribution >= 4 is 17.3 Å². The number of aromatic amines is 1. The molecule has 0 radical (unpaired) electrons. The number of anilines is 2. The highest BCUT2D eigenvalue weighted by Gasteiger charge is 2.20. The number of rotatable bonds is 7. The van der Waals surface area contributed by atoms with Gasteiger partial charge in [0.05, 0.1) is 0 Å². The van der Waals surface area contributed by atoms with E-state index in [1.54, 1.807) is 0 Å². The van der Waals surface area contributed by atoms with E-state index in [0.717, 1.165) is 60.9 Å². The van der Waals surface area contributed by atoms with Crippen LogP contribution in [0, 0.1) is 26.7 Å². The summed E-state index contributed by atoms with van der Waals surface area (Å²) in [4.78, 5) is 30.8. The fourth-order valence-electron chi connectivity index (χ4n) is 5.06. The summed E-state index contributed by atoms with van der Waals surface area (Å²) in [5.74, 6) is 0.563. The molecule has 0 bridgehead atoms. The van der Waals surface area contributed by atoms with Gasteiger partial charge in [0.25, 0.3) is 11.5 Å². The van der Waals surface area contributed by atoms with Crippen LogP contribution in [0.2, 0.25) is 0 Å². The van der Waals surface area contributed by atoms with Crippen LogP contribution in [0.5, 0.6) is 0 Å². The van der Waals surface area contributed by atoms with Gasteiger partial charge in [-0.15, -0.1) is 0 Å². The second-order valence-electron chi connectivity index (χ2n) is 9.56. The average Bonchev–Trinajstić information content (AvgIpc) is 3.32. The molecule has 4 rings (SSSR count). The molecule has 0 unspecified atom stereocenters. The van der Waals surface area contributed by atoms with Crippen molar-refractivity contribution < 1.29 is 4.79 Å². The van der Waals surface area contributed by atoms with Crippen LogP contribution in [0.4, 0.5) is 11.4 Å². The largest absolute Gasteiger partial charge is 0.384 e. The van der Waals surface area contributed by atoms with Gasteiger partial charge in [-0.3, -0.25) is 9.59 Å². The molecule has 1 amide bonds. The molecule has 2 fully saturated rings. The highest BCUT2D eigenvalue weighted by molar-refractivity contribution is 5.98. The number of aromatic nitrogens is 1. The smallest absolute Gasteiger partial charge is 0.253 e. The van der Waals surface area contributed by atoms with E-state index in [-0.39, 0.29) is 18.0 Å². The Morgan fingerprint density at radius 1 is 1.09 bits per heavy atom. The molecule has 7 heteroatoms. The Morgan fingerprint density at radius 3 is 2.52 bits per heavy atom. The lowest BCUT2D eigenvalue weighted by Gasteiger charge is -2.31. The molecule has 1 saturated carbocycles. The highest BCUT2D eigenvalue weighted by atomic mass is 16.1. The van der Waals surface area contributed by atoms with Gasteiger partial charge in [-0.25, -0.2) is 0 Å². The predicted molar refractivity (Wildman–Crippen MR) is 134 cm³/mol. The van der Waals surface area contributed by atoms with E-state index in [2.05, 4.69) is 31.9 Å². The van der Waals surface area contributed by atoms with Crippen LogP contribution in [-0.2, 0) is 6.54 Å². The minimum Gasteiger partial charge on any atom is -0.384 e. The van der Waals surface area contributed by atoms with Crippen LogP contribution in [0.15, 0.2) is 23.0 Å². The van der Waals surface area contributed by atoms with Crippen LogP contribution in [0.25, 0.3) is 0 Å². The molecule has 1 saturated heterocycles. The lowest BCUT2D eigenvalue weighted by molar-refractivity contribution is 0.0950. The zero-order chi connectivity index (χ0) is 23.4. The van der Waals surface area contributed by atoms with Crippen LogP contribution in [0.1, 0.15) is 58.4 Å². The van der Waals surface area contributed by atoms with Gasteiger partial charge in [0.2, 0.25) is 0 Å². The first-order chi connectivity index (χ1) is 15.9. The molecule has 2 heterocycles. The maximum atomic E-state index is 13.3. The number of H-pyrrole nitrogens is 1. The van der Waals surface area contributed by atoms with Crippen LogP contribution in [-0.4, -0.2) is 43.6 Å². The van der Waals surface area contributed by atoms with E-state index < -0.39 is 0 Å². The molecule has 0 spiro atoms. The maximum absolute atomic E-state index is 13.3. The van der Waals surface area contributed by atoms with Crippen molar-refractivity contribution in [2.24, 2.45) is 5.92 Å². The summed E-state index contributed by atoms with van der Waals surface area (Å²) >= 11 is 0. The van der Waals surface area contributed by atoms with Gasteiger partial charge in [-0.1, -0.05) is 12.8 Å². The van der Waals surface area contributed by atoms with Crippen molar-refractivity contribution in [3.05, 3.63) is 56.5 Å². The van der Waals surface area contributed by atoms with Gasteiger partial charge in [0, 0.05) is 67.5 Å². The molecule has 0 atom stereocenters. The van der Waals surface area contributed by atoms with E-state index in [1.165, 1.54) is 25.7 Å². The Labute approximate surface area is 196 Å². The minimum absolute atomic E-state index is 0.141. The second-order valence-corrected chi connectivity index (χ2v) is 9.56. The molecular formula is C26H37N5O2. The lowest BCUT2D eigenvalue weighted by Crippen LogP contribution is -2.43. The fraction of sp³-hybridized carbons (Fsp3) is 0.538. The number of amides is 1. The number of benzene rings is 1. The number of carbonyl (C=O) groups excluding carboxylic acids is 1. The molecule has 1 aromatic heterocycles. The van der Waals surface area contributed by atoms with Crippen LogP contribution >= 0.6 is 0 Å². The zero-order valence-corrected chi connectivity index (χ0v) is 20.1. The summed E-state index contributed by atoms with van der Waals surface area (Å²) in [6.07, 6.45) is 5.19. The SMILES string of the molecule is Cc1cc(C)c(CNC(=O)c2cc(N3CCNCC3)cc(NCC3CCCC3)c2C)c(=O)[nH]1. The Bertz CT molecular complexity index is 1050. The monoisotopic (exact) mass is 451 g/mol. The molecule has 1 aromatic carbocycles. The van der Waals surface area contributed by atoms with E-state index in [0.29, 0.717) is 17.0 Å². The molecular weight excluding hydrogens is 414 g/mol. The number of nitrogens with zero attached hydrogens (tertiary/aromatic N) is 1. The summed E-state index contributed by atoms with van der Waals surface area (Å²) in [7, 11) is 0. The number of pyridine rings is 1. The van der Waals surface area contributed by atoms with Crippen LogP contribution < -0.4 is 26.4 Å². The van der Waals surface area contributed by atoms with E-state index in [1.807, 2.05) is 32.9 Å². The van der Waals surface area contributed by atoms with Gasteiger partial charge < -0.3 is 25.8 Å². The molecule has 33 heavy (non-hydrogen) atoms. The second kappa shape index (κ2) is 10.4. The summed E-state index contributed by atoms with van der Waals surface area (Å²) in [5.41, 5.74) is 5.91. The molecule has 4 N–H and O–H groups in total. The Kier molecular flexibility index (Phi) is 7.38. The number of nitrogens with one attached hydrogen (secondary N) is 4. The van der Waals surface area contributed by atoms with E-state index >= 15 is 0 Å². The first-order valence-corrected chi connectivity index (χ1v) is 12.2. The Hall–Kier alpha value is -2.80. The van der Waals surface area contributed by atoms with Crippen LogP contribution in [0.3, 0.4) is 0 Å².